The number of imidazole rings is 3. The van der Waals surface area contributed by atoms with Crippen molar-refractivity contribution < 1.29 is 43.9 Å². The van der Waals surface area contributed by atoms with Gasteiger partial charge in [0.15, 0.2) is 0 Å². The number of rotatable bonds is 9. The predicted molar refractivity (Wildman–Crippen MR) is 183 cm³/mol. The van der Waals surface area contributed by atoms with Crippen LogP contribution in [0.25, 0.3) is 0 Å². The topological polar surface area (TPSA) is 289 Å². The molecule has 4 rings (SSSR count). The lowest BCUT2D eigenvalue weighted by Gasteiger charge is -2.12. The molecule has 50 heavy (non-hydrogen) atoms. The normalized spacial score (nSPS) is 10.7. The first-order valence-corrected chi connectivity index (χ1v) is 14.8. The fraction of sp³-hybridized carbons (Fsp3) is 0.484. The Morgan fingerprint density at radius 2 is 1.24 bits per heavy atom. The monoisotopic (exact) mass is 708 g/mol. The van der Waals surface area contributed by atoms with E-state index in [1.165, 1.54) is 31.7 Å². The van der Waals surface area contributed by atoms with Gasteiger partial charge in [-0.15, -0.1) is 5.06 Å². The first-order chi connectivity index (χ1) is 22.7. The molecule has 3 aromatic heterocycles. The number of aryl methyl sites for hydroxylation is 3. The summed E-state index contributed by atoms with van der Waals surface area (Å²) in [4.78, 5) is 97.3. The van der Waals surface area contributed by atoms with E-state index < -0.39 is 17.9 Å². The smallest absolute Gasteiger partial charge is 0.412 e. The number of Topliss-reactive ketones (excluding diaryl/α,β-unsaturated/α-hetero) is 3. The minimum absolute atomic E-state index is 0. The van der Waals surface area contributed by atoms with Crippen molar-refractivity contribution in [3.8, 4) is 0 Å². The summed E-state index contributed by atoms with van der Waals surface area (Å²) >= 11 is 0. The Hall–Kier alpha value is -5.56. The highest BCUT2D eigenvalue weighted by atomic mass is 16.7. The van der Waals surface area contributed by atoms with Gasteiger partial charge in [-0.25, -0.2) is 24.5 Å². The number of carbonyl (C=O) groups is 7. The fourth-order valence-corrected chi connectivity index (χ4v) is 2.97. The molecule has 8 N–H and O–H groups in total. The molecule has 280 valence electrons. The third-order valence-corrected chi connectivity index (χ3v) is 5.49. The van der Waals surface area contributed by atoms with Crippen LogP contribution in [0.4, 0.5) is 9.59 Å². The molecule has 0 aliphatic carbocycles. The highest BCUT2D eigenvalue weighted by molar-refractivity contribution is 6.01. The number of nitrogens with two attached hydrogens (primary N) is 1. The van der Waals surface area contributed by atoms with Crippen molar-refractivity contribution in [1.29, 1.82) is 0 Å². The minimum Gasteiger partial charge on any atom is -0.412 e. The summed E-state index contributed by atoms with van der Waals surface area (Å²) in [6, 6.07) is -0.249. The van der Waals surface area contributed by atoms with Gasteiger partial charge < -0.3 is 36.6 Å². The Morgan fingerprint density at radius 3 is 1.54 bits per heavy atom. The Balaban J connectivity index is -0.000000586. The van der Waals surface area contributed by atoms with Crippen molar-refractivity contribution in [2.45, 2.75) is 81.1 Å². The summed E-state index contributed by atoms with van der Waals surface area (Å²) in [5.74, 6) is -0.919. The molecule has 0 radical (unpaired) electrons. The number of carbonyl (C=O) groups excluding carboxylic acids is 7. The molecule has 19 heteroatoms. The van der Waals surface area contributed by atoms with E-state index in [2.05, 4.69) is 40.4 Å². The van der Waals surface area contributed by atoms with Gasteiger partial charge in [0.1, 0.15) is 23.7 Å². The molecule has 19 nitrogen and oxygen atoms in total. The molecule has 4 heterocycles. The summed E-state index contributed by atoms with van der Waals surface area (Å²) in [6.45, 7) is 11.1. The third-order valence-electron chi connectivity index (χ3n) is 5.49. The molecule has 0 spiro atoms. The summed E-state index contributed by atoms with van der Waals surface area (Å²) in [5.41, 5.74) is 7.99. The molecular formula is C31H52N10O9. The van der Waals surface area contributed by atoms with Gasteiger partial charge in [-0.05, 0) is 48.1 Å². The van der Waals surface area contributed by atoms with E-state index in [0.717, 1.165) is 17.1 Å². The van der Waals surface area contributed by atoms with Crippen LogP contribution in [0.1, 0.15) is 77.4 Å². The molecular weight excluding hydrogens is 656 g/mol. The van der Waals surface area contributed by atoms with Crippen LogP contribution in [0.5, 0.6) is 0 Å². The van der Waals surface area contributed by atoms with Gasteiger partial charge >= 0.3 is 12.1 Å². The van der Waals surface area contributed by atoms with Crippen molar-refractivity contribution in [3.05, 3.63) is 54.7 Å². The van der Waals surface area contributed by atoms with Gasteiger partial charge in [0.05, 0.1) is 12.7 Å². The van der Waals surface area contributed by atoms with Crippen LogP contribution in [0.15, 0.2) is 37.6 Å². The van der Waals surface area contributed by atoms with Crippen molar-refractivity contribution >= 4 is 41.3 Å². The SMILES string of the molecule is C.CC(=O)CCN.CC(=O)CCNC(=O)ON1C(=O)CCC1=O.CC(=O)CCNC(=O)n1cncc1C.Cc1cnc[nH]1.Cc1cnc[nH]1.O. The second-order valence-corrected chi connectivity index (χ2v) is 10.1. The number of hydrogen-bond acceptors (Lipinski definition) is 12. The van der Waals surface area contributed by atoms with Gasteiger partial charge in [-0.1, -0.05) is 7.43 Å². The van der Waals surface area contributed by atoms with Crippen LogP contribution in [-0.4, -0.2) is 101 Å². The number of aromatic amines is 2. The second-order valence-electron chi connectivity index (χ2n) is 10.1. The Kier molecular flexibility index (Phi) is 27.8. The third kappa shape index (κ3) is 24.6. The summed E-state index contributed by atoms with van der Waals surface area (Å²) < 4.78 is 1.40. The van der Waals surface area contributed by atoms with E-state index in [1.54, 1.807) is 38.2 Å². The van der Waals surface area contributed by atoms with Crippen molar-refractivity contribution in [2.24, 2.45) is 5.73 Å². The minimum atomic E-state index is -0.912. The zero-order valence-corrected chi connectivity index (χ0v) is 28.7. The number of amides is 4. The first-order valence-electron chi connectivity index (χ1n) is 14.8. The van der Waals surface area contributed by atoms with Crippen LogP contribution in [-0.2, 0) is 28.8 Å². The summed E-state index contributed by atoms with van der Waals surface area (Å²) in [6.07, 6.45) is 10.2. The van der Waals surface area contributed by atoms with E-state index in [4.69, 9.17) is 5.73 Å². The van der Waals surface area contributed by atoms with E-state index in [0.29, 0.717) is 31.0 Å². The zero-order valence-electron chi connectivity index (χ0n) is 28.7. The van der Waals surface area contributed by atoms with Gasteiger partial charge in [0.2, 0.25) is 0 Å². The highest BCUT2D eigenvalue weighted by Gasteiger charge is 2.32. The maximum atomic E-state index is 11.4. The summed E-state index contributed by atoms with van der Waals surface area (Å²) in [7, 11) is 0. The number of nitrogens with zero attached hydrogens (tertiary/aromatic N) is 5. The van der Waals surface area contributed by atoms with Crippen LogP contribution in [0, 0.1) is 20.8 Å². The quantitative estimate of drug-likeness (QED) is 0.198. The molecule has 1 saturated heterocycles. The lowest BCUT2D eigenvalue weighted by molar-refractivity contribution is -0.171. The van der Waals surface area contributed by atoms with Crippen LogP contribution >= 0.6 is 0 Å². The molecule has 1 fully saturated rings. The maximum Gasteiger partial charge on any atom is 0.432 e. The van der Waals surface area contributed by atoms with Gasteiger partial charge in [0, 0.05) is 80.9 Å². The van der Waals surface area contributed by atoms with Crippen molar-refractivity contribution in [3.63, 3.8) is 0 Å². The second kappa shape index (κ2) is 28.5. The number of aromatic nitrogens is 6. The highest BCUT2D eigenvalue weighted by Crippen LogP contribution is 2.11. The number of ketones is 3. The zero-order chi connectivity index (χ0) is 36.5. The molecule has 1 aliphatic heterocycles. The van der Waals surface area contributed by atoms with E-state index in [9.17, 15) is 33.6 Å². The van der Waals surface area contributed by atoms with Gasteiger partial charge in [0.25, 0.3) is 11.8 Å². The molecule has 1 aliphatic rings. The molecule has 0 aromatic carbocycles. The largest absolute Gasteiger partial charge is 0.432 e. The van der Waals surface area contributed by atoms with E-state index in [1.807, 2.05) is 13.8 Å². The predicted octanol–water partition coefficient (Wildman–Crippen LogP) is 1.66. The number of H-pyrrole nitrogens is 2. The first kappa shape index (κ1) is 48.8. The van der Waals surface area contributed by atoms with Crippen LogP contribution in [0.3, 0.4) is 0 Å². The van der Waals surface area contributed by atoms with E-state index >= 15 is 0 Å². The van der Waals surface area contributed by atoms with Crippen LogP contribution in [0.2, 0.25) is 0 Å². The lowest BCUT2D eigenvalue weighted by Crippen LogP contribution is -2.37. The summed E-state index contributed by atoms with van der Waals surface area (Å²) in [5, 5.41) is 5.32. The fourth-order valence-electron chi connectivity index (χ4n) is 2.97. The molecule has 0 bridgehead atoms. The lowest BCUT2D eigenvalue weighted by atomic mass is 10.3. The molecule has 0 atom stereocenters. The standard InChI is InChI=1S/C9H13N3O2.C9H12N2O5.2C4H6N2.C4H9NO.CH4.H2O/c1-7-5-10-6-12(7)9(14)11-4-3-8(2)13;1-6(12)4-5-10-9(15)16-11-7(13)2-3-8(11)14;2*1-4-2-5-3-6-4;1-4(6)2-3-5;;/h5-6H,3-4H2,1-2H3,(H,11,14);2-5H2,1H3,(H,10,15);2*2-3H,1H3,(H,5,6);2-3,5H2,1H3;1H4;1H2. The average Bonchev–Trinajstić information content (AvgIpc) is 3.83. The molecule has 0 saturated carbocycles. The number of hydrogen-bond donors (Lipinski definition) is 5. The average molecular weight is 709 g/mol. The number of hydroxylamine groups is 2. The Bertz CT molecular complexity index is 1370. The Labute approximate surface area is 291 Å². The molecule has 4 amide bonds. The maximum absolute atomic E-state index is 11.4. The van der Waals surface area contributed by atoms with Crippen LogP contribution < -0.4 is 16.4 Å². The van der Waals surface area contributed by atoms with Gasteiger partial charge in [-0.3, -0.25) is 28.5 Å². The van der Waals surface area contributed by atoms with Crippen molar-refractivity contribution in [2.75, 3.05) is 19.6 Å². The number of nitrogens with one attached hydrogen (secondary N) is 4. The van der Waals surface area contributed by atoms with Gasteiger partial charge in [-0.2, -0.15) is 0 Å². The molecule has 0 unspecified atom stereocenters. The van der Waals surface area contributed by atoms with Crippen molar-refractivity contribution in [1.82, 2.24) is 45.2 Å². The Morgan fingerprint density at radius 1 is 0.780 bits per heavy atom. The number of imide groups is 1. The molecule has 3 aromatic rings. The van der Waals surface area contributed by atoms with E-state index in [-0.39, 0.29) is 62.1 Å².